The highest BCUT2D eigenvalue weighted by atomic mass is 19.1. The molecule has 0 aliphatic heterocycles. The van der Waals surface area contributed by atoms with Gasteiger partial charge in [0.05, 0.1) is 0 Å². The number of rotatable bonds is 5. The molecule has 3 nitrogen and oxygen atoms in total. The van der Waals surface area contributed by atoms with Gasteiger partial charge in [-0.25, -0.2) is 9.18 Å². The molecule has 0 aliphatic rings. The Hall–Kier alpha value is -1.58. The highest BCUT2D eigenvalue weighted by Crippen LogP contribution is 2.14. The van der Waals surface area contributed by atoms with Crippen molar-refractivity contribution in [3.8, 4) is 5.75 Å². The quantitative estimate of drug-likeness (QED) is 0.569. The van der Waals surface area contributed by atoms with Crippen LogP contribution in [0, 0.1) is 0 Å². The first-order valence-corrected chi connectivity index (χ1v) is 5.25. The van der Waals surface area contributed by atoms with Gasteiger partial charge in [-0.05, 0) is 30.5 Å². The highest BCUT2D eigenvalue weighted by Gasteiger charge is 2.04. The molecule has 0 bridgehead atoms. The molecule has 0 saturated heterocycles. The van der Waals surface area contributed by atoms with Crippen molar-refractivity contribution >= 4 is 6.16 Å². The molecule has 0 unspecified atom stereocenters. The Balaban J connectivity index is 2.47. The first kappa shape index (κ1) is 12.5. The Kier molecular flexibility index (Phi) is 5.32. The molecule has 0 heterocycles. The third kappa shape index (κ3) is 4.29. The number of aryl methyl sites for hydroxylation is 1. The Morgan fingerprint density at radius 2 is 2.00 bits per heavy atom. The summed E-state index contributed by atoms with van der Waals surface area (Å²) in [6, 6.07) is 7.11. The maximum Gasteiger partial charge on any atom is 0.516 e. The van der Waals surface area contributed by atoms with E-state index in [-0.39, 0.29) is 0 Å². The molecule has 1 rings (SSSR count). The van der Waals surface area contributed by atoms with Gasteiger partial charge in [-0.1, -0.05) is 25.5 Å². The first-order chi connectivity index (χ1) is 7.76. The van der Waals surface area contributed by atoms with E-state index >= 15 is 0 Å². The van der Waals surface area contributed by atoms with E-state index in [1.807, 2.05) is 12.1 Å². The number of unbranched alkanes of at least 4 members (excludes halogenated alkanes) is 1. The molecular formula is C12H15FO3. The largest absolute Gasteiger partial charge is 0.516 e. The number of hydrogen-bond donors (Lipinski definition) is 0. The lowest BCUT2D eigenvalue weighted by Crippen LogP contribution is -2.09. The molecule has 16 heavy (non-hydrogen) atoms. The number of benzene rings is 1. The van der Waals surface area contributed by atoms with Crippen LogP contribution < -0.4 is 4.74 Å². The van der Waals surface area contributed by atoms with E-state index in [4.69, 9.17) is 4.74 Å². The summed E-state index contributed by atoms with van der Waals surface area (Å²) in [4.78, 5) is 10.8. The minimum absolute atomic E-state index is 0.360. The van der Waals surface area contributed by atoms with Crippen LogP contribution >= 0.6 is 0 Å². The zero-order valence-corrected chi connectivity index (χ0v) is 9.24. The fourth-order valence-electron chi connectivity index (χ4n) is 1.28. The van der Waals surface area contributed by atoms with E-state index in [0.717, 1.165) is 19.3 Å². The van der Waals surface area contributed by atoms with Crippen molar-refractivity contribution in [2.24, 2.45) is 0 Å². The molecule has 0 aliphatic carbocycles. The summed E-state index contributed by atoms with van der Waals surface area (Å²) in [6.07, 6.45) is 2.25. The monoisotopic (exact) mass is 226 g/mol. The van der Waals surface area contributed by atoms with Gasteiger partial charge >= 0.3 is 6.16 Å². The second-order valence-corrected chi connectivity index (χ2v) is 3.35. The van der Waals surface area contributed by atoms with Gasteiger partial charge in [0, 0.05) is 0 Å². The maximum atomic E-state index is 11.6. The average Bonchev–Trinajstić information content (AvgIpc) is 2.28. The van der Waals surface area contributed by atoms with E-state index in [9.17, 15) is 9.18 Å². The predicted octanol–water partition coefficient (Wildman–Crippen LogP) is 3.47. The first-order valence-electron chi connectivity index (χ1n) is 5.25. The number of alkyl halides is 1. The summed E-state index contributed by atoms with van der Waals surface area (Å²) in [5.74, 6) is 0.360. The highest BCUT2D eigenvalue weighted by molar-refractivity contribution is 5.63. The van der Waals surface area contributed by atoms with Gasteiger partial charge in [0.2, 0.25) is 6.86 Å². The molecule has 1 aromatic carbocycles. The van der Waals surface area contributed by atoms with Crippen molar-refractivity contribution in [2.75, 3.05) is 6.86 Å². The van der Waals surface area contributed by atoms with Crippen molar-refractivity contribution in [3.63, 3.8) is 0 Å². The number of hydrogen-bond acceptors (Lipinski definition) is 3. The van der Waals surface area contributed by atoms with Crippen molar-refractivity contribution in [2.45, 2.75) is 26.2 Å². The van der Waals surface area contributed by atoms with Crippen molar-refractivity contribution < 1.29 is 18.7 Å². The number of halogens is 1. The molecule has 0 amide bonds. The lowest BCUT2D eigenvalue weighted by molar-refractivity contribution is 0.0610. The van der Waals surface area contributed by atoms with Gasteiger partial charge in [-0.15, -0.1) is 0 Å². The minimum atomic E-state index is -1.17. The molecule has 0 aromatic heterocycles. The van der Waals surface area contributed by atoms with Gasteiger partial charge in [-0.2, -0.15) is 0 Å². The van der Waals surface area contributed by atoms with E-state index < -0.39 is 13.0 Å². The van der Waals surface area contributed by atoms with E-state index in [2.05, 4.69) is 11.7 Å². The molecule has 0 fully saturated rings. The van der Waals surface area contributed by atoms with Crippen LogP contribution in [0.1, 0.15) is 25.3 Å². The van der Waals surface area contributed by atoms with Crippen LogP contribution in [0.25, 0.3) is 0 Å². The lowest BCUT2D eigenvalue weighted by Gasteiger charge is -2.04. The van der Waals surface area contributed by atoms with Crippen LogP contribution in [0.4, 0.5) is 9.18 Å². The van der Waals surface area contributed by atoms with Gasteiger partial charge in [0.1, 0.15) is 5.75 Å². The molecule has 88 valence electrons. The third-order valence-corrected chi connectivity index (χ3v) is 2.12. The number of carbonyl (C=O) groups is 1. The van der Waals surface area contributed by atoms with Gasteiger partial charge in [0.15, 0.2) is 0 Å². The van der Waals surface area contributed by atoms with Crippen LogP contribution in [0.15, 0.2) is 24.3 Å². The molecule has 4 heteroatoms. The van der Waals surface area contributed by atoms with E-state index in [1.165, 1.54) is 5.56 Å². The van der Waals surface area contributed by atoms with E-state index in [0.29, 0.717) is 5.75 Å². The third-order valence-electron chi connectivity index (χ3n) is 2.12. The van der Waals surface area contributed by atoms with Crippen molar-refractivity contribution in [1.29, 1.82) is 0 Å². The lowest BCUT2D eigenvalue weighted by atomic mass is 10.1. The Labute approximate surface area is 94.2 Å². The molecule has 0 N–H and O–H groups in total. The van der Waals surface area contributed by atoms with Gasteiger partial charge < -0.3 is 9.47 Å². The molecule has 1 aromatic rings. The number of ether oxygens (including phenoxy) is 2. The summed E-state index contributed by atoms with van der Waals surface area (Å²) in [6.45, 7) is 0.956. The minimum Gasteiger partial charge on any atom is -0.402 e. The fraction of sp³-hybridized carbons (Fsp3) is 0.417. The molecule has 0 spiro atoms. The van der Waals surface area contributed by atoms with Crippen LogP contribution in [-0.2, 0) is 11.2 Å². The average molecular weight is 226 g/mol. The Bertz CT molecular complexity index is 322. The summed E-state index contributed by atoms with van der Waals surface area (Å²) in [7, 11) is 0. The number of carbonyl (C=O) groups excluding carboxylic acids is 1. The molecular weight excluding hydrogens is 211 g/mol. The zero-order valence-electron chi connectivity index (χ0n) is 9.24. The van der Waals surface area contributed by atoms with Gasteiger partial charge in [0.25, 0.3) is 0 Å². The fourth-order valence-corrected chi connectivity index (χ4v) is 1.28. The SMILES string of the molecule is CCCCc1ccc(OC(=O)OCF)cc1. The second kappa shape index (κ2) is 6.82. The van der Waals surface area contributed by atoms with Crippen molar-refractivity contribution in [3.05, 3.63) is 29.8 Å². The summed E-state index contributed by atoms with van der Waals surface area (Å²) in [5, 5.41) is 0. The van der Waals surface area contributed by atoms with Gasteiger partial charge in [-0.3, -0.25) is 0 Å². The normalized spacial score (nSPS) is 9.88. The standard InChI is InChI=1S/C12H15FO3/c1-2-3-4-10-5-7-11(8-6-10)16-12(14)15-9-13/h5-8H,2-4,9H2,1H3. The van der Waals surface area contributed by atoms with Crippen LogP contribution in [0.3, 0.4) is 0 Å². The van der Waals surface area contributed by atoms with E-state index in [1.54, 1.807) is 12.1 Å². The molecule has 0 radical (unpaired) electrons. The predicted molar refractivity (Wildman–Crippen MR) is 58.1 cm³/mol. The summed E-state index contributed by atoms with van der Waals surface area (Å²) < 4.78 is 20.4. The van der Waals surface area contributed by atoms with Crippen LogP contribution in [-0.4, -0.2) is 13.0 Å². The summed E-state index contributed by atoms with van der Waals surface area (Å²) >= 11 is 0. The topological polar surface area (TPSA) is 35.5 Å². The Morgan fingerprint density at radius 1 is 1.31 bits per heavy atom. The molecule has 0 atom stereocenters. The van der Waals surface area contributed by atoms with Crippen LogP contribution in [0.5, 0.6) is 5.75 Å². The second-order valence-electron chi connectivity index (χ2n) is 3.35. The van der Waals surface area contributed by atoms with Crippen LogP contribution in [0.2, 0.25) is 0 Å². The van der Waals surface area contributed by atoms with Crippen molar-refractivity contribution in [1.82, 2.24) is 0 Å². The maximum absolute atomic E-state index is 11.6. The summed E-state index contributed by atoms with van der Waals surface area (Å²) in [5.41, 5.74) is 1.19. The molecule has 0 saturated carbocycles. The zero-order chi connectivity index (χ0) is 11.8. The smallest absolute Gasteiger partial charge is 0.402 e. The Morgan fingerprint density at radius 3 is 2.56 bits per heavy atom.